The molecule has 1 unspecified atom stereocenters. The monoisotopic (exact) mass is 385 g/mol. The van der Waals surface area contributed by atoms with Crippen LogP contribution in [0.25, 0.3) is 0 Å². The molecule has 0 fully saturated rings. The molecule has 0 saturated heterocycles. The van der Waals surface area contributed by atoms with E-state index in [9.17, 15) is 18.0 Å². The van der Waals surface area contributed by atoms with E-state index in [0.717, 1.165) is 6.42 Å². The van der Waals surface area contributed by atoms with Crippen molar-refractivity contribution < 1.29 is 22.7 Å². The number of hydrogen-bond acceptors (Lipinski definition) is 5. The lowest BCUT2D eigenvalue weighted by Crippen LogP contribution is -2.35. The lowest BCUT2D eigenvalue weighted by atomic mass is 10.2. The zero-order chi connectivity index (χ0) is 19.6. The van der Waals surface area contributed by atoms with Gasteiger partial charge < -0.3 is 15.4 Å². The van der Waals surface area contributed by atoms with Gasteiger partial charge in [-0.3, -0.25) is 9.59 Å². The van der Waals surface area contributed by atoms with Crippen molar-refractivity contribution in [1.82, 2.24) is 15.4 Å². The molecule has 0 aromatic heterocycles. The van der Waals surface area contributed by atoms with Crippen LogP contribution < -0.4 is 15.4 Å². The number of carbonyl (C=O) groups is 2. The first kappa shape index (κ1) is 22.1. The normalized spacial score (nSPS) is 12.4. The Kier molecular flexibility index (Phi) is 9.25. The molecule has 8 nitrogen and oxygen atoms in total. The summed E-state index contributed by atoms with van der Waals surface area (Å²) in [5.74, 6) is -0.575. The Labute approximate surface area is 154 Å². The molecule has 1 aromatic rings. The van der Waals surface area contributed by atoms with Crippen molar-refractivity contribution >= 4 is 21.8 Å². The second-order valence-corrected chi connectivity index (χ2v) is 7.57. The van der Waals surface area contributed by atoms with Gasteiger partial charge in [-0.15, -0.1) is 0 Å². The van der Waals surface area contributed by atoms with Crippen molar-refractivity contribution in [2.75, 3.05) is 26.8 Å². The maximum atomic E-state index is 12.2. The topological polar surface area (TPSA) is 114 Å². The van der Waals surface area contributed by atoms with Crippen LogP contribution in [0.5, 0.6) is 0 Å². The summed E-state index contributed by atoms with van der Waals surface area (Å²) < 4.78 is 31.5. The van der Waals surface area contributed by atoms with E-state index >= 15 is 0 Å². The van der Waals surface area contributed by atoms with Crippen molar-refractivity contribution in [3.63, 3.8) is 0 Å². The van der Waals surface area contributed by atoms with Crippen molar-refractivity contribution in [2.24, 2.45) is 0 Å². The van der Waals surface area contributed by atoms with Crippen LogP contribution in [-0.2, 0) is 19.6 Å². The van der Waals surface area contributed by atoms with Crippen molar-refractivity contribution in [2.45, 2.75) is 37.6 Å². The molecule has 0 radical (unpaired) electrons. The summed E-state index contributed by atoms with van der Waals surface area (Å²) in [5.41, 5.74) is 0.210. The predicted molar refractivity (Wildman–Crippen MR) is 98.4 cm³/mol. The third-order valence-corrected chi connectivity index (χ3v) is 5.12. The van der Waals surface area contributed by atoms with Crippen LogP contribution in [0.2, 0.25) is 0 Å². The molecule has 1 aromatic carbocycles. The molecule has 2 amide bonds. The van der Waals surface area contributed by atoms with Crippen LogP contribution in [0, 0.1) is 0 Å². The van der Waals surface area contributed by atoms with Crippen LogP contribution in [-0.4, -0.2) is 53.1 Å². The molecule has 0 heterocycles. The van der Waals surface area contributed by atoms with E-state index in [1.54, 1.807) is 0 Å². The SMILES string of the molecule is CCC(C)NC(=O)CCNC(=O)c1cccc(S(=O)(=O)NCCOC)c1. The fourth-order valence-electron chi connectivity index (χ4n) is 2.01. The van der Waals surface area contributed by atoms with Gasteiger partial charge in [0, 0.05) is 38.2 Å². The highest BCUT2D eigenvalue weighted by molar-refractivity contribution is 7.89. The first-order valence-electron chi connectivity index (χ1n) is 8.46. The number of nitrogens with one attached hydrogen (secondary N) is 3. The lowest BCUT2D eigenvalue weighted by Gasteiger charge is -2.12. The average molecular weight is 385 g/mol. The number of rotatable bonds is 11. The van der Waals surface area contributed by atoms with Gasteiger partial charge in [-0.05, 0) is 31.5 Å². The molecule has 0 aliphatic rings. The molecule has 0 spiro atoms. The van der Waals surface area contributed by atoms with Gasteiger partial charge in [-0.1, -0.05) is 13.0 Å². The largest absolute Gasteiger partial charge is 0.383 e. The van der Waals surface area contributed by atoms with E-state index in [1.165, 1.54) is 31.4 Å². The molecule has 9 heteroatoms. The van der Waals surface area contributed by atoms with Gasteiger partial charge in [-0.2, -0.15) is 0 Å². The standard InChI is InChI=1S/C17H27N3O5S/c1-4-13(2)20-16(21)8-9-18-17(22)14-6-5-7-15(12-14)26(23,24)19-10-11-25-3/h5-7,12-13,19H,4,8-11H2,1-3H3,(H,18,22)(H,20,21). The van der Waals surface area contributed by atoms with Crippen molar-refractivity contribution in [1.29, 1.82) is 0 Å². The van der Waals surface area contributed by atoms with Gasteiger partial charge in [0.1, 0.15) is 0 Å². The lowest BCUT2D eigenvalue weighted by molar-refractivity contribution is -0.121. The highest BCUT2D eigenvalue weighted by Crippen LogP contribution is 2.11. The Morgan fingerprint density at radius 3 is 2.62 bits per heavy atom. The summed E-state index contributed by atoms with van der Waals surface area (Å²) in [5, 5.41) is 5.43. The summed E-state index contributed by atoms with van der Waals surface area (Å²) >= 11 is 0. The van der Waals surface area contributed by atoms with Gasteiger partial charge in [0.15, 0.2) is 0 Å². The Morgan fingerprint density at radius 2 is 1.96 bits per heavy atom. The van der Waals surface area contributed by atoms with Crippen LogP contribution >= 0.6 is 0 Å². The smallest absolute Gasteiger partial charge is 0.251 e. The highest BCUT2D eigenvalue weighted by Gasteiger charge is 2.16. The number of methoxy groups -OCH3 is 1. The van der Waals surface area contributed by atoms with Crippen LogP contribution in [0.1, 0.15) is 37.0 Å². The van der Waals surface area contributed by atoms with Gasteiger partial charge >= 0.3 is 0 Å². The molecule has 0 aliphatic carbocycles. The Hall–Kier alpha value is -1.97. The number of hydrogen-bond donors (Lipinski definition) is 3. The number of sulfonamides is 1. The van der Waals surface area contributed by atoms with E-state index < -0.39 is 15.9 Å². The van der Waals surface area contributed by atoms with Gasteiger partial charge in [-0.25, -0.2) is 13.1 Å². The van der Waals surface area contributed by atoms with E-state index in [-0.39, 0.29) is 48.5 Å². The Morgan fingerprint density at radius 1 is 1.23 bits per heavy atom. The minimum atomic E-state index is -3.71. The van der Waals surface area contributed by atoms with Gasteiger partial charge in [0.05, 0.1) is 11.5 Å². The fourth-order valence-corrected chi connectivity index (χ4v) is 3.07. The maximum absolute atomic E-state index is 12.2. The van der Waals surface area contributed by atoms with E-state index in [4.69, 9.17) is 4.74 Å². The number of benzene rings is 1. The van der Waals surface area contributed by atoms with Crippen LogP contribution in [0.15, 0.2) is 29.2 Å². The zero-order valence-electron chi connectivity index (χ0n) is 15.4. The number of carbonyl (C=O) groups excluding carboxylic acids is 2. The molecule has 3 N–H and O–H groups in total. The van der Waals surface area contributed by atoms with Crippen molar-refractivity contribution in [3.05, 3.63) is 29.8 Å². The van der Waals surface area contributed by atoms with Gasteiger partial charge in [0.25, 0.3) is 5.91 Å². The molecule has 1 rings (SSSR count). The van der Waals surface area contributed by atoms with Crippen molar-refractivity contribution in [3.8, 4) is 0 Å². The first-order valence-corrected chi connectivity index (χ1v) is 9.94. The van der Waals surface area contributed by atoms with Crippen LogP contribution in [0.4, 0.5) is 0 Å². The molecule has 0 saturated carbocycles. The highest BCUT2D eigenvalue weighted by atomic mass is 32.2. The molecule has 0 aliphatic heterocycles. The van der Waals surface area contributed by atoms with Gasteiger partial charge in [0.2, 0.25) is 15.9 Å². The summed E-state index contributed by atoms with van der Waals surface area (Å²) in [6, 6.07) is 5.80. The minimum Gasteiger partial charge on any atom is -0.383 e. The van der Waals surface area contributed by atoms with E-state index in [1.807, 2.05) is 13.8 Å². The average Bonchev–Trinajstić information content (AvgIpc) is 2.61. The second-order valence-electron chi connectivity index (χ2n) is 5.80. The Bertz CT molecular complexity index is 706. The minimum absolute atomic E-state index is 0.00392. The number of amides is 2. The molecular weight excluding hydrogens is 358 g/mol. The maximum Gasteiger partial charge on any atom is 0.251 e. The molecule has 26 heavy (non-hydrogen) atoms. The Balaban J connectivity index is 2.61. The fraction of sp³-hybridized carbons (Fsp3) is 0.529. The quantitative estimate of drug-likeness (QED) is 0.484. The summed E-state index contributed by atoms with van der Waals surface area (Å²) in [6.45, 7) is 4.43. The summed E-state index contributed by atoms with van der Waals surface area (Å²) in [7, 11) is -2.24. The van der Waals surface area contributed by atoms with E-state index in [2.05, 4.69) is 15.4 Å². The van der Waals surface area contributed by atoms with E-state index in [0.29, 0.717) is 0 Å². The third kappa shape index (κ3) is 7.51. The summed E-state index contributed by atoms with van der Waals surface area (Å²) in [4.78, 5) is 23.8. The predicted octanol–water partition coefficient (Wildman–Crippen LogP) is 0.646. The second kappa shape index (κ2) is 10.9. The number of ether oxygens (including phenoxy) is 1. The molecular formula is C17H27N3O5S. The zero-order valence-corrected chi connectivity index (χ0v) is 16.2. The molecule has 146 valence electrons. The summed E-state index contributed by atoms with van der Waals surface area (Å²) in [6.07, 6.45) is 0.991. The molecule has 1 atom stereocenters. The van der Waals surface area contributed by atoms with Crippen LogP contribution in [0.3, 0.4) is 0 Å². The molecule has 0 bridgehead atoms. The third-order valence-electron chi connectivity index (χ3n) is 3.66. The first-order chi connectivity index (χ1) is 12.3.